The Bertz CT molecular complexity index is 399. The Morgan fingerprint density at radius 3 is 2.77 bits per heavy atom. The van der Waals surface area contributed by atoms with Gasteiger partial charge in [0.05, 0.1) is 0 Å². The van der Waals surface area contributed by atoms with Crippen molar-refractivity contribution in [2.45, 2.75) is 13.3 Å². The maximum Gasteiger partial charge on any atom is 0.0380 e. The zero-order valence-corrected chi connectivity index (χ0v) is 7.80. The number of nitrogens with two attached hydrogens (primary N) is 1. The lowest BCUT2D eigenvalue weighted by molar-refractivity contribution is 1.07. The van der Waals surface area contributed by atoms with E-state index in [-0.39, 0.29) is 0 Å². The number of fused-ring (bicyclic) bond motifs is 1. The minimum atomic E-state index is 0.860. The van der Waals surface area contributed by atoms with Gasteiger partial charge in [0.1, 0.15) is 0 Å². The first-order chi connectivity index (χ1) is 6.20. The topological polar surface area (TPSA) is 26.0 Å². The highest BCUT2D eigenvalue weighted by molar-refractivity contribution is 5.81. The number of hydrogen-bond donors (Lipinski definition) is 1. The van der Waals surface area contributed by atoms with Crippen LogP contribution in [0.25, 0.3) is 5.57 Å². The second-order valence-electron chi connectivity index (χ2n) is 3.51. The van der Waals surface area contributed by atoms with E-state index < -0.39 is 0 Å². The second-order valence-corrected chi connectivity index (χ2v) is 3.51. The summed E-state index contributed by atoms with van der Waals surface area (Å²) in [5.41, 5.74) is 11.5. The molecule has 0 aliphatic heterocycles. The molecule has 0 fully saturated rings. The van der Waals surface area contributed by atoms with Crippen LogP contribution in [0.5, 0.6) is 0 Å². The van der Waals surface area contributed by atoms with E-state index in [2.05, 4.69) is 31.7 Å². The Balaban J connectivity index is 2.59. The zero-order valence-electron chi connectivity index (χ0n) is 7.80. The van der Waals surface area contributed by atoms with Gasteiger partial charge in [-0.15, -0.1) is 0 Å². The first-order valence-corrected chi connectivity index (χ1v) is 4.43. The molecule has 0 atom stereocenters. The molecule has 0 heterocycles. The van der Waals surface area contributed by atoms with Crippen molar-refractivity contribution in [1.29, 1.82) is 0 Å². The first-order valence-electron chi connectivity index (χ1n) is 4.43. The van der Waals surface area contributed by atoms with Crippen LogP contribution in [-0.4, -0.2) is 0 Å². The summed E-state index contributed by atoms with van der Waals surface area (Å²) in [5.74, 6) is 0. The highest BCUT2D eigenvalue weighted by Gasteiger charge is 2.15. The minimum Gasteiger partial charge on any atom is -0.398 e. The van der Waals surface area contributed by atoms with Crippen molar-refractivity contribution in [2.75, 3.05) is 0 Å². The van der Waals surface area contributed by atoms with Crippen LogP contribution in [0.2, 0.25) is 0 Å². The number of benzene rings is 1. The Hall–Kier alpha value is -1.50. The summed E-state index contributed by atoms with van der Waals surface area (Å²) < 4.78 is 0. The highest BCUT2D eigenvalue weighted by Crippen LogP contribution is 2.30. The monoisotopic (exact) mass is 171 g/mol. The van der Waals surface area contributed by atoms with E-state index in [0.29, 0.717) is 0 Å². The average molecular weight is 171 g/mol. The molecule has 1 aliphatic carbocycles. The van der Waals surface area contributed by atoms with Crippen LogP contribution in [0.4, 0.5) is 0 Å². The van der Waals surface area contributed by atoms with E-state index in [1.54, 1.807) is 0 Å². The maximum absolute atomic E-state index is 5.92. The van der Waals surface area contributed by atoms with Crippen molar-refractivity contribution >= 4 is 5.57 Å². The molecule has 0 aromatic heterocycles. The highest BCUT2D eigenvalue weighted by atomic mass is 14.6. The van der Waals surface area contributed by atoms with E-state index in [0.717, 1.165) is 17.7 Å². The fraction of sp³-hybridized carbons (Fsp3) is 0.167. The van der Waals surface area contributed by atoms with Gasteiger partial charge in [0.2, 0.25) is 0 Å². The molecule has 0 amide bonds. The van der Waals surface area contributed by atoms with Gasteiger partial charge in [0, 0.05) is 5.70 Å². The molecule has 1 nitrogen and oxygen atoms in total. The van der Waals surface area contributed by atoms with Crippen LogP contribution in [0, 0.1) is 0 Å². The molecule has 1 heteroatoms. The first kappa shape index (κ1) is 8.11. The minimum absolute atomic E-state index is 0.860. The Labute approximate surface area is 78.6 Å². The third-order valence-corrected chi connectivity index (χ3v) is 2.58. The molecule has 2 rings (SSSR count). The lowest BCUT2D eigenvalue weighted by Crippen LogP contribution is -2.11. The van der Waals surface area contributed by atoms with Gasteiger partial charge in [0.25, 0.3) is 0 Å². The van der Waals surface area contributed by atoms with Crippen molar-refractivity contribution in [3.63, 3.8) is 0 Å². The molecule has 0 spiro atoms. The van der Waals surface area contributed by atoms with Crippen molar-refractivity contribution in [1.82, 2.24) is 0 Å². The molecule has 13 heavy (non-hydrogen) atoms. The molecule has 0 bridgehead atoms. The maximum atomic E-state index is 5.92. The zero-order chi connectivity index (χ0) is 9.42. The number of rotatable bonds is 0. The molecule has 0 saturated carbocycles. The van der Waals surface area contributed by atoms with Crippen molar-refractivity contribution in [2.24, 2.45) is 5.73 Å². The Kier molecular flexibility index (Phi) is 1.73. The van der Waals surface area contributed by atoms with E-state index >= 15 is 0 Å². The van der Waals surface area contributed by atoms with E-state index in [9.17, 15) is 0 Å². The van der Waals surface area contributed by atoms with E-state index in [1.165, 1.54) is 16.7 Å². The largest absolute Gasteiger partial charge is 0.398 e. The number of hydrogen-bond acceptors (Lipinski definition) is 1. The van der Waals surface area contributed by atoms with Crippen LogP contribution < -0.4 is 5.73 Å². The van der Waals surface area contributed by atoms with Crippen LogP contribution in [-0.2, 0) is 6.42 Å². The summed E-state index contributed by atoms with van der Waals surface area (Å²) in [5, 5.41) is 0. The van der Waals surface area contributed by atoms with Gasteiger partial charge >= 0.3 is 0 Å². The third-order valence-electron chi connectivity index (χ3n) is 2.58. The summed E-state index contributed by atoms with van der Waals surface area (Å²) in [7, 11) is 0. The molecular formula is C12H13N. The Morgan fingerprint density at radius 2 is 2.00 bits per heavy atom. The van der Waals surface area contributed by atoms with Crippen LogP contribution in [0.1, 0.15) is 18.1 Å². The summed E-state index contributed by atoms with van der Waals surface area (Å²) in [6.07, 6.45) is 0.959. The van der Waals surface area contributed by atoms with Crippen LogP contribution >= 0.6 is 0 Å². The van der Waals surface area contributed by atoms with E-state index in [1.807, 2.05) is 6.07 Å². The molecule has 0 unspecified atom stereocenters. The lowest BCUT2D eigenvalue weighted by atomic mass is 9.87. The van der Waals surface area contributed by atoms with Gasteiger partial charge in [0.15, 0.2) is 0 Å². The predicted octanol–water partition coefficient (Wildman–Crippen LogP) is 2.49. The van der Waals surface area contributed by atoms with Crippen LogP contribution in [0.15, 0.2) is 42.1 Å². The fourth-order valence-corrected chi connectivity index (χ4v) is 1.75. The molecule has 2 N–H and O–H groups in total. The standard InChI is InChI=1S/C12H13N/c1-8-7-10-5-3-4-6-11(10)9(2)12(8)13/h3-6H,2,7,13H2,1H3. The summed E-state index contributed by atoms with van der Waals surface area (Å²) >= 11 is 0. The molecule has 1 aromatic rings. The smallest absolute Gasteiger partial charge is 0.0380 e. The summed E-state index contributed by atoms with van der Waals surface area (Å²) in [4.78, 5) is 0. The SMILES string of the molecule is C=C1C(N)=C(C)Cc2ccccc21. The Morgan fingerprint density at radius 1 is 1.31 bits per heavy atom. The van der Waals surface area contributed by atoms with Gasteiger partial charge in [-0.3, -0.25) is 0 Å². The van der Waals surface area contributed by atoms with Gasteiger partial charge in [-0.1, -0.05) is 30.8 Å². The van der Waals surface area contributed by atoms with Crippen molar-refractivity contribution in [3.8, 4) is 0 Å². The van der Waals surface area contributed by atoms with Crippen molar-refractivity contribution < 1.29 is 0 Å². The van der Waals surface area contributed by atoms with Gasteiger partial charge < -0.3 is 5.73 Å². The van der Waals surface area contributed by atoms with Crippen LogP contribution in [0.3, 0.4) is 0 Å². The number of allylic oxidation sites excluding steroid dienone is 2. The molecule has 66 valence electrons. The molecule has 0 radical (unpaired) electrons. The average Bonchev–Trinajstić information content (AvgIpc) is 2.15. The summed E-state index contributed by atoms with van der Waals surface area (Å²) in [6, 6.07) is 8.30. The van der Waals surface area contributed by atoms with Gasteiger partial charge in [-0.2, -0.15) is 0 Å². The van der Waals surface area contributed by atoms with E-state index in [4.69, 9.17) is 5.73 Å². The molecular weight excluding hydrogens is 158 g/mol. The van der Waals surface area contributed by atoms with Gasteiger partial charge in [-0.05, 0) is 35.6 Å². The summed E-state index contributed by atoms with van der Waals surface area (Å²) in [6.45, 7) is 6.07. The van der Waals surface area contributed by atoms with Crippen molar-refractivity contribution in [3.05, 3.63) is 53.2 Å². The molecule has 0 saturated heterocycles. The predicted molar refractivity (Wildman–Crippen MR) is 56.1 cm³/mol. The molecule has 1 aliphatic rings. The quantitative estimate of drug-likeness (QED) is 0.637. The fourth-order valence-electron chi connectivity index (χ4n) is 1.75. The third kappa shape index (κ3) is 1.17. The molecule has 1 aromatic carbocycles. The normalized spacial score (nSPS) is 15.9. The second kappa shape index (κ2) is 2.77. The lowest BCUT2D eigenvalue weighted by Gasteiger charge is -2.20. The van der Waals surface area contributed by atoms with Gasteiger partial charge in [-0.25, -0.2) is 0 Å².